The van der Waals surface area contributed by atoms with Gasteiger partial charge in [-0.25, -0.2) is 12.1 Å². The Morgan fingerprint density at radius 3 is 1.47 bits per heavy atom. The smallest absolute Gasteiger partial charge is 0.214 e. The molecule has 0 N–H and O–H groups in total. The van der Waals surface area contributed by atoms with Gasteiger partial charge in [0.05, 0.1) is 0 Å². The molecule has 0 aliphatic heterocycles. The van der Waals surface area contributed by atoms with E-state index in [2.05, 4.69) is 13.3 Å². The summed E-state index contributed by atoms with van der Waals surface area (Å²) in [5.74, 6) is 0. The van der Waals surface area contributed by atoms with Crippen LogP contribution in [-0.2, 0) is 31.2 Å². The van der Waals surface area contributed by atoms with E-state index in [1.165, 1.54) is 4.90 Å². The number of hydrogen-bond donors (Lipinski definition) is 0. The predicted octanol–water partition coefficient (Wildman–Crippen LogP) is 0.943. The summed E-state index contributed by atoms with van der Waals surface area (Å²) < 4.78 is 15.0. The molecule has 0 aliphatic rings. The van der Waals surface area contributed by atoms with Crippen LogP contribution in [0.4, 0.5) is 0 Å². The Hall–Kier alpha value is -1.18. The van der Waals surface area contributed by atoms with Gasteiger partial charge in [-0.1, -0.05) is 0 Å². The van der Waals surface area contributed by atoms with Gasteiger partial charge in [-0.2, -0.15) is 24.6 Å². The Morgan fingerprint density at radius 2 is 1.40 bits per heavy atom. The predicted molar refractivity (Wildman–Crippen MR) is 49.3 cm³/mol. The second-order valence-corrected chi connectivity index (χ2v) is 1.95. The van der Waals surface area contributed by atoms with Gasteiger partial charge in [0.1, 0.15) is 0 Å². The Bertz CT molecular complexity index is 194. The third-order valence-electron chi connectivity index (χ3n) is 0.738. The molecule has 0 saturated carbocycles. The van der Waals surface area contributed by atoms with Crippen molar-refractivity contribution < 1.29 is 31.2 Å². The van der Waals surface area contributed by atoms with Crippen LogP contribution < -0.4 is 0 Å². The summed E-state index contributed by atoms with van der Waals surface area (Å²) in [6.07, 6.45) is 1.61. The van der Waals surface area contributed by atoms with Crippen molar-refractivity contribution in [3.8, 4) is 0 Å². The van der Waals surface area contributed by atoms with Gasteiger partial charge in [0, 0.05) is 0 Å². The summed E-state index contributed by atoms with van der Waals surface area (Å²) in [7, 11) is 3.26. The van der Waals surface area contributed by atoms with Crippen molar-refractivity contribution in [2.45, 2.75) is 0 Å². The standard InChI is InChI=1S/C5H5.C3H6NO.2CO.Fe/c1-2-4-5-3-1;1-4(2)3-5;2*1-2;/h1-5H;1-2H3;;;/q2*-1;;;+6. The van der Waals surface area contributed by atoms with Crippen molar-refractivity contribution in [1.82, 2.24) is 4.90 Å². The van der Waals surface area contributed by atoms with Gasteiger partial charge in [-0.15, -0.1) is 0 Å². The number of carbonyl (C=O) groups excluding carboxylic acids is 1. The molecule has 1 aromatic carbocycles. The van der Waals surface area contributed by atoms with Crippen molar-refractivity contribution in [2.75, 3.05) is 14.1 Å². The van der Waals surface area contributed by atoms with Crippen LogP contribution in [0, 0.1) is 13.3 Å². The van der Waals surface area contributed by atoms with Crippen LogP contribution in [0.5, 0.6) is 0 Å². The molecule has 0 atom stereocenters. The molecule has 0 saturated heterocycles. The molecule has 0 unspecified atom stereocenters. The molecule has 0 aromatic heterocycles. The summed E-state index contributed by atoms with van der Waals surface area (Å²) >= 11 is 0. The maximum Gasteiger partial charge on any atom is 6.00 e. The van der Waals surface area contributed by atoms with Gasteiger partial charge in [-0.3, -0.25) is 0 Å². The average Bonchev–Trinajstić information content (AvgIpc) is 2.82. The van der Waals surface area contributed by atoms with Crippen LogP contribution in [0.1, 0.15) is 0 Å². The normalized spacial score (nSPS) is 5.20. The van der Waals surface area contributed by atoms with E-state index in [-0.39, 0.29) is 17.1 Å². The number of hydrogen-bond acceptors (Lipinski definition) is 1. The summed E-state index contributed by atoms with van der Waals surface area (Å²) in [5.41, 5.74) is 0. The van der Waals surface area contributed by atoms with E-state index in [0.29, 0.717) is 0 Å². The number of nitrogens with zero attached hydrogens (tertiary/aromatic N) is 1. The van der Waals surface area contributed by atoms with Crippen LogP contribution in [-0.4, -0.2) is 25.4 Å². The fourth-order valence-electron chi connectivity index (χ4n) is 0.321. The van der Waals surface area contributed by atoms with Crippen molar-refractivity contribution in [3.05, 3.63) is 43.6 Å². The van der Waals surface area contributed by atoms with Crippen LogP contribution in [0.3, 0.4) is 0 Å². The van der Waals surface area contributed by atoms with Crippen LogP contribution in [0.15, 0.2) is 30.3 Å². The minimum absolute atomic E-state index is 0. The molecular formula is C10H11FeNO3+4. The third-order valence-corrected chi connectivity index (χ3v) is 0.738. The van der Waals surface area contributed by atoms with Crippen molar-refractivity contribution in [1.29, 1.82) is 0 Å². The average molecular weight is 249 g/mol. The quantitative estimate of drug-likeness (QED) is 0.316. The zero-order valence-electron chi connectivity index (χ0n) is 8.41. The second kappa shape index (κ2) is 29.3. The summed E-state index contributed by atoms with van der Waals surface area (Å²) in [6, 6.07) is 10.0. The Balaban J connectivity index is -0.0000000580. The Morgan fingerprint density at radius 1 is 1.13 bits per heavy atom. The topological polar surface area (TPSA) is 60.1 Å². The van der Waals surface area contributed by atoms with E-state index in [1.54, 1.807) is 20.5 Å². The maximum atomic E-state index is 9.31. The molecule has 0 heterocycles. The molecule has 4 nitrogen and oxygen atoms in total. The minimum atomic E-state index is 0. The molecule has 0 bridgehead atoms. The van der Waals surface area contributed by atoms with E-state index in [9.17, 15) is 4.79 Å². The van der Waals surface area contributed by atoms with Crippen molar-refractivity contribution in [2.24, 2.45) is 0 Å². The molecule has 5 heteroatoms. The van der Waals surface area contributed by atoms with Gasteiger partial charge in [-0.05, 0) is 14.1 Å². The summed E-state index contributed by atoms with van der Waals surface area (Å²) in [6.45, 7) is 9.00. The van der Waals surface area contributed by atoms with E-state index in [1.807, 2.05) is 30.3 Å². The molecule has 0 radical (unpaired) electrons. The molecule has 1 rings (SSSR count). The first-order valence-electron chi connectivity index (χ1n) is 3.40. The van der Waals surface area contributed by atoms with E-state index < -0.39 is 0 Å². The number of amides is 1. The first-order chi connectivity index (χ1) is 6.77. The molecule has 15 heavy (non-hydrogen) atoms. The largest absolute Gasteiger partial charge is 6.00 e. The van der Waals surface area contributed by atoms with Crippen LogP contribution in [0.25, 0.3) is 0 Å². The monoisotopic (exact) mass is 249 g/mol. The third kappa shape index (κ3) is 44.3. The van der Waals surface area contributed by atoms with Gasteiger partial charge in [0.15, 0.2) is 0 Å². The second-order valence-electron chi connectivity index (χ2n) is 1.95. The fourth-order valence-corrected chi connectivity index (χ4v) is 0.321. The first kappa shape index (κ1) is 23.6. The maximum absolute atomic E-state index is 9.31. The molecule has 0 fully saturated rings. The molecule has 0 spiro atoms. The van der Waals surface area contributed by atoms with Crippen LogP contribution >= 0.6 is 0 Å². The van der Waals surface area contributed by atoms with Crippen molar-refractivity contribution >= 4 is 6.41 Å². The molecule has 1 amide bonds. The summed E-state index contributed by atoms with van der Waals surface area (Å²) in [5, 5.41) is 0. The molecule has 0 aliphatic carbocycles. The molecular weight excluding hydrogens is 238 g/mol. The molecule has 78 valence electrons. The SMILES string of the molecule is CN(C)[C-]=O.[C-]#[O+].[C-]#[O+].[Fe+6].c1cc[cH-]c1. The number of rotatable bonds is 1. The van der Waals surface area contributed by atoms with Gasteiger partial charge in [0.2, 0.25) is 0 Å². The van der Waals surface area contributed by atoms with Gasteiger partial charge in [0.25, 0.3) is 0 Å². The van der Waals surface area contributed by atoms with E-state index in [4.69, 9.17) is 9.30 Å². The minimum Gasteiger partial charge on any atom is -0.214 e. The molecule has 1 aromatic rings. The van der Waals surface area contributed by atoms with Gasteiger partial charge < -0.3 is 9.69 Å². The van der Waals surface area contributed by atoms with E-state index >= 15 is 0 Å². The Labute approximate surface area is 101 Å². The fraction of sp³-hybridized carbons (Fsp3) is 0.200. The van der Waals surface area contributed by atoms with Crippen molar-refractivity contribution in [3.63, 3.8) is 0 Å². The summed E-state index contributed by atoms with van der Waals surface area (Å²) in [4.78, 5) is 10.6. The zero-order chi connectivity index (χ0) is 11.8. The zero-order valence-corrected chi connectivity index (χ0v) is 9.52. The van der Waals surface area contributed by atoms with Gasteiger partial charge >= 0.3 is 39.7 Å². The van der Waals surface area contributed by atoms with E-state index in [0.717, 1.165) is 0 Å². The Kier molecular flexibility index (Phi) is 46.0. The van der Waals surface area contributed by atoms with Crippen LogP contribution in [0.2, 0.25) is 0 Å². The first-order valence-corrected chi connectivity index (χ1v) is 3.40.